The molecule has 7 nitrogen and oxygen atoms in total. The first-order chi connectivity index (χ1) is 13.4. The van der Waals surface area contributed by atoms with E-state index in [0.29, 0.717) is 23.3 Å². The third-order valence-electron chi connectivity index (χ3n) is 4.58. The summed E-state index contributed by atoms with van der Waals surface area (Å²) >= 11 is 0. The highest BCUT2D eigenvalue weighted by atomic mass is 16.5. The zero-order valence-electron chi connectivity index (χ0n) is 16.7. The van der Waals surface area contributed by atoms with Crippen LogP contribution in [0.15, 0.2) is 39.9 Å². The van der Waals surface area contributed by atoms with Gasteiger partial charge in [-0.1, -0.05) is 37.1 Å². The van der Waals surface area contributed by atoms with Crippen molar-refractivity contribution >= 4 is 17.4 Å². The Hall–Kier alpha value is -3.22. The lowest BCUT2D eigenvalue weighted by atomic mass is 9.99. The summed E-state index contributed by atoms with van der Waals surface area (Å²) < 4.78 is 11.6. The van der Waals surface area contributed by atoms with E-state index in [1.165, 1.54) is 0 Å². The van der Waals surface area contributed by atoms with Gasteiger partial charge in [0, 0.05) is 5.69 Å². The first-order valence-corrected chi connectivity index (χ1v) is 9.15. The number of nitrogens with zero attached hydrogens (tertiary/aromatic N) is 3. The van der Waals surface area contributed by atoms with Crippen LogP contribution in [0, 0.1) is 25.7 Å². The van der Waals surface area contributed by atoms with Crippen LogP contribution in [0.3, 0.4) is 0 Å². The summed E-state index contributed by atoms with van der Waals surface area (Å²) in [5, 5.41) is 14.3. The highest BCUT2D eigenvalue weighted by Crippen LogP contribution is 2.34. The van der Waals surface area contributed by atoms with Gasteiger partial charge in [-0.3, -0.25) is 0 Å². The average molecular weight is 380 g/mol. The van der Waals surface area contributed by atoms with Crippen molar-refractivity contribution in [2.75, 3.05) is 5.32 Å². The van der Waals surface area contributed by atoms with Crippen LogP contribution in [0.1, 0.15) is 47.9 Å². The smallest absolute Gasteiger partial charge is 0.320 e. The van der Waals surface area contributed by atoms with Crippen LogP contribution in [-0.2, 0) is 6.61 Å². The molecule has 3 rings (SSSR count). The molecule has 3 aromatic rings. The van der Waals surface area contributed by atoms with Crippen LogP contribution < -0.4 is 10.1 Å². The molecule has 2 aromatic carbocycles. The molecule has 0 spiro atoms. The van der Waals surface area contributed by atoms with Gasteiger partial charge in [-0.25, -0.2) is 0 Å². The van der Waals surface area contributed by atoms with Crippen LogP contribution in [0.4, 0.5) is 17.4 Å². The van der Waals surface area contributed by atoms with E-state index in [2.05, 4.69) is 20.7 Å². The fourth-order valence-corrected chi connectivity index (χ4v) is 2.98. The van der Waals surface area contributed by atoms with Crippen LogP contribution in [0.25, 0.3) is 0 Å². The molecule has 0 aliphatic rings. The third-order valence-corrected chi connectivity index (χ3v) is 4.58. The normalized spacial score (nSPS) is 10.9. The Labute approximate surface area is 164 Å². The summed E-state index contributed by atoms with van der Waals surface area (Å²) in [5.74, 6) is 1.22. The van der Waals surface area contributed by atoms with E-state index in [4.69, 9.17) is 9.15 Å². The van der Waals surface area contributed by atoms with Crippen molar-refractivity contribution in [3.63, 3.8) is 0 Å². The molecule has 0 aliphatic carbocycles. The molecule has 146 valence electrons. The average Bonchev–Trinajstić information content (AvgIpc) is 3.10. The Kier molecular flexibility index (Phi) is 5.73. The molecule has 28 heavy (non-hydrogen) atoms. The van der Waals surface area contributed by atoms with Gasteiger partial charge in [0.25, 0.3) is 5.89 Å². The van der Waals surface area contributed by atoms with Crippen molar-refractivity contribution in [2.24, 2.45) is 5.18 Å². The van der Waals surface area contributed by atoms with Crippen molar-refractivity contribution in [2.45, 2.75) is 47.1 Å². The van der Waals surface area contributed by atoms with Crippen LogP contribution in [0.2, 0.25) is 0 Å². The van der Waals surface area contributed by atoms with Gasteiger partial charge >= 0.3 is 6.01 Å². The Morgan fingerprint density at radius 3 is 2.46 bits per heavy atom. The van der Waals surface area contributed by atoms with Crippen molar-refractivity contribution in [1.82, 2.24) is 10.2 Å². The second kappa shape index (κ2) is 8.21. The van der Waals surface area contributed by atoms with Gasteiger partial charge in [-0.2, -0.15) is 0 Å². The summed E-state index contributed by atoms with van der Waals surface area (Å²) in [7, 11) is 0. The van der Waals surface area contributed by atoms with E-state index in [9.17, 15) is 4.91 Å². The fraction of sp³-hybridized carbons (Fsp3) is 0.333. The number of para-hydroxylation sites is 1. The van der Waals surface area contributed by atoms with Crippen molar-refractivity contribution in [3.8, 4) is 5.75 Å². The molecule has 1 aromatic heterocycles. The molecule has 0 saturated heterocycles. The first-order valence-electron chi connectivity index (χ1n) is 9.15. The Morgan fingerprint density at radius 2 is 1.82 bits per heavy atom. The quantitative estimate of drug-likeness (QED) is 0.518. The zero-order valence-corrected chi connectivity index (χ0v) is 16.7. The second-order valence-corrected chi connectivity index (χ2v) is 7.10. The predicted molar refractivity (Wildman–Crippen MR) is 109 cm³/mol. The SMILES string of the molecule is Cc1cc(OCc2nnc(Nc3c(C)cccc3C)o2)c(C(C)C)cc1N=O. The number of ether oxygens (including phenoxy) is 1. The third kappa shape index (κ3) is 4.19. The van der Waals surface area contributed by atoms with Gasteiger partial charge in [0.2, 0.25) is 0 Å². The molecular weight excluding hydrogens is 356 g/mol. The Bertz CT molecular complexity index is 975. The molecule has 7 heteroatoms. The number of hydrogen-bond acceptors (Lipinski definition) is 7. The van der Waals surface area contributed by atoms with E-state index in [0.717, 1.165) is 27.9 Å². The lowest BCUT2D eigenvalue weighted by Crippen LogP contribution is -2.01. The van der Waals surface area contributed by atoms with Gasteiger partial charge in [-0.15, -0.1) is 10.0 Å². The van der Waals surface area contributed by atoms with Gasteiger partial charge in [0.15, 0.2) is 6.61 Å². The van der Waals surface area contributed by atoms with Gasteiger partial charge in [-0.05, 0) is 66.3 Å². The van der Waals surface area contributed by atoms with Crippen molar-refractivity contribution in [1.29, 1.82) is 0 Å². The monoisotopic (exact) mass is 380 g/mol. The lowest BCUT2D eigenvalue weighted by molar-refractivity contribution is 0.261. The number of aryl methyl sites for hydroxylation is 3. The molecule has 0 unspecified atom stereocenters. The fourth-order valence-electron chi connectivity index (χ4n) is 2.98. The molecule has 1 heterocycles. The van der Waals surface area contributed by atoms with Gasteiger partial charge in [0.1, 0.15) is 11.4 Å². The molecule has 0 radical (unpaired) electrons. The number of hydrogen-bond donors (Lipinski definition) is 1. The first kappa shape index (κ1) is 19.5. The molecule has 1 N–H and O–H groups in total. The molecule has 0 aliphatic heterocycles. The number of nitroso groups, excluding NO2 is 1. The maximum absolute atomic E-state index is 11.0. The summed E-state index contributed by atoms with van der Waals surface area (Å²) in [6.45, 7) is 10.1. The zero-order chi connectivity index (χ0) is 20.3. The standard InChI is InChI=1S/C21H24N4O3/c1-12(2)16-10-17(25-26)15(5)9-18(16)27-11-19-23-24-21(28-19)22-20-13(3)7-6-8-14(20)4/h6-10,12H,11H2,1-5H3,(H,22,24). The summed E-state index contributed by atoms with van der Waals surface area (Å²) in [4.78, 5) is 11.0. The van der Waals surface area contributed by atoms with E-state index < -0.39 is 0 Å². The molecule has 0 amide bonds. The maximum Gasteiger partial charge on any atom is 0.320 e. The van der Waals surface area contributed by atoms with E-state index in [-0.39, 0.29) is 12.5 Å². The van der Waals surface area contributed by atoms with Gasteiger partial charge in [0.05, 0.1) is 0 Å². The minimum absolute atomic E-state index is 0.133. The van der Waals surface area contributed by atoms with Crippen LogP contribution >= 0.6 is 0 Å². The van der Waals surface area contributed by atoms with E-state index >= 15 is 0 Å². The molecule has 0 atom stereocenters. The molecule has 0 fully saturated rings. The molecule has 0 bridgehead atoms. The Balaban J connectivity index is 1.74. The maximum atomic E-state index is 11.0. The Morgan fingerprint density at radius 1 is 1.11 bits per heavy atom. The summed E-state index contributed by atoms with van der Waals surface area (Å²) in [6.07, 6.45) is 0. The van der Waals surface area contributed by atoms with Crippen LogP contribution in [0.5, 0.6) is 5.75 Å². The summed E-state index contributed by atoms with van der Waals surface area (Å²) in [5.41, 5.74) is 5.24. The second-order valence-electron chi connectivity index (χ2n) is 7.10. The molecule has 0 saturated carbocycles. The summed E-state index contributed by atoms with van der Waals surface area (Å²) in [6, 6.07) is 9.94. The predicted octanol–water partition coefficient (Wildman–Crippen LogP) is 5.84. The minimum Gasteiger partial charge on any atom is -0.483 e. The van der Waals surface area contributed by atoms with Crippen LogP contribution in [-0.4, -0.2) is 10.2 Å². The number of aromatic nitrogens is 2. The number of anilines is 2. The topological polar surface area (TPSA) is 89.6 Å². The van der Waals surface area contributed by atoms with E-state index in [1.807, 2.05) is 58.9 Å². The highest BCUT2D eigenvalue weighted by Gasteiger charge is 2.15. The number of nitrogens with one attached hydrogen (secondary N) is 1. The molecular formula is C21H24N4O3. The highest BCUT2D eigenvalue weighted by molar-refractivity contribution is 5.61. The van der Waals surface area contributed by atoms with E-state index in [1.54, 1.807) is 6.07 Å². The number of rotatable bonds is 7. The lowest BCUT2D eigenvalue weighted by Gasteiger charge is -2.14. The van der Waals surface area contributed by atoms with Crippen molar-refractivity contribution < 1.29 is 9.15 Å². The van der Waals surface area contributed by atoms with Gasteiger partial charge < -0.3 is 14.5 Å². The number of benzene rings is 2. The minimum atomic E-state index is 0.133. The largest absolute Gasteiger partial charge is 0.483 e. The van der Waals surface area contributed by atoms with Crippen molar-refractivity contribution in [3.05, 3.63) is 63.4 Å².